The van der Waals surface area contributed by atoms with Crippen molar-refractivity contribution in [3.8, 4) is 0 Å². The zero-order chi connectivity index (χ0) is 37.8. The van der Waals surface area contributed by atoms with Gasteiger partial charge >= 0.3 is 0 Å². The number of carbonyl (C=O) groups excluding carboxylic acids is 3. The Hall–Kier alpha value is -4.63. The Balaban J connectivity index is 1.36. The molecule has 0 bridgehead atoms. The van der Waals surface area contributed by atoms with Crippen molar-refractivity contribution in [1.82, 2.24) is 10.3 Å². The van der Waals surface area contributed by atoms with Gasteiger partial charge in [0.05, 0.1) is 29.7 Å². The van der Waals surface area contributed by atoms with Crippen LogP contribution in [0.4, 0.5) is 11.4 Å². The summed E-state index contributed by atoms with van der Waals surface area (Å²) < 4.78 is 0. The first-order chi connectivity index (χ1) is 25.9. The molecule has 53 heavy (non-hydrogen) atoms. The minimum Gasteiger partial charge on any atom is -0.396 e. The quantitative estimate of drug-likeness (QED) is 0.0335. The van der Waals surface area contributed by atoms with Crippen LogP contribution in [0.5, 0.6) is 0 Å². The number of anilines is 2. The average molecular weight is 723 g/mol. The molecule has 0 saturated carbocycles. The summed E-state index contributed by atoms with van der Waals surface area (Å²) in [4.78, 5) is 40.2. The molecular formula is C44H62N6O3. The monoisotopic (exact) mass is 722 g/mol. The van der Waals surface area contributed by atoms with E-state index in [2.05, 4.69) is 36.6 Å². The number of para-hydroxylation sites is 1. The maximum atomic E-state index is 13.9. The predicted molar refractivity (Wildman–Crippen MR) is 219 cm³/mol. The van der Waals surface area contributed by atoms with E-state index >= 15 is 0 Å². The van der Waals surface area contributed by atoms with Gasteiger partial charge in [0.1, 0.15) is 6.29 Å². The number of amides is 2. The second-order valence-electron chi connectivity index (χ2n) is 14.2. The lowest BCUT2D eigenvalue weighted by atomic mass is 9.95. The molecule has 6 N–H and O–H groups in total. The maximum absolute atomic E-state index is 13.9. The standard InChI is InChI=1S/C44H62N6O3/c1-3-5-6-7-8-9-17-29-47-41(52)27-14-15-28-42(53)49-32-35-21-10-11-24-38(35)43(45)44(39-25-12-13-26-40(39)49)50(46)30-18-16-22-37(33-51)48-36-23-19-20-34(4-2)31-36/h10-13,19-21,23-26,31,33,37,48H,3-9,14-18,22,27-30,32,45-46H2,1-2H3,(H,47,52)/b44-43-. The Kier molecular flexibility index (Phi) is 17.4. The van der Waals surface area contributed by atoms with Crippen molar-refractivity contribution in [2.45, 2.75) is 123 Å². The Morgan fingerprint density at radius 1 is 0.830 bits per heavy atom. The lowest BCUT2D eigenvalue weighted by Crippen LogP contribution is -2.37. The van der Waals surface area contributed by atoms with Crippen molar-refractivity contribution in [1.29, 1.82) is 0 Å². The van der Waals surface area contributed by atoms with E-state index in [4.69, 9.17) is 11.6 Å². The van der Waals surface area contributed by atoms with Crippen molar-refractivity contribution in [3.05, 3.63) is 95.1 Å². The third-order valence-electron chi connectivity index (χ3n) is 10.1. The van der Waals surface area contributed by atoms with Crippen LogP contribution >= 0.6 is 0 Å². The molecule has 0 saturated heterocycles. The van der Waals surface area contributed by atoms with Crippen LogP contribution in [0, 0.1) is 0 Å². The number of carbonyl (C=O) groups is 3. The van der Waals surface area contributed by atoms with E-state index in [9.17, 15) is 14.4 Å². The molecule has 1 aliphatic heterocycles. The molecule has 1 atom stereocenters. The third kappa shape index (κ3) is 12.8. The summed E-state index contributed by atoms with van der Waals surface area (Å²) in [7, 11) is 0. The first-order valence-electron chi connectivity index (χ1n) is 19.9. The first kappa shape index (κ1) is 41.1. The zero-order valence-electron chi connectivity index (χ0n) is 32.1. The number of aldehydes is 1. The number of rotatable bonds is 23. The topological polar surface area (TPSA) is 134 Å². The minimum atomic E-state index is -0.296. The van der Waals surface area contributed by atoms with Crippen LogP contribution in [0.25, 0.3) is 11.4 Å². The molecule has 1 unspecified atom stereocenters. The minimum absolute atomic E-state index is 0.00370. The molecule has 286 valence electrons. The summed E-state index contributed by atoms with van der Waals surface area (Å²) in [6, 6.07) is 23.6. The summed E-state index contributed by atoms with van der Waals surface area (Å²) in [5, 5.41) is 8.10. The van der Waals surface area contributed by atoms with E-state index in [1.54, 1.807) is 5.01 Å². The van der Waals surface area contributed by atoms with E-state index in [0.717, 1.165) is 73.0 Å². The van der Waals surface area contributed by atoms with Gasteiger partial charge in [-0.05, 0) is 74.3 Å². The molecule has 9 heteroatoms. The zero-order valence-corrected chi connectivity index (χ0v) is 32.1. The maximum Gasteiger partial charge on any atom is 0.227 e. The van der Waals surface area contributed by atoms with Crippen LogP contribution in [-0.2, 0) is 27.3 Å². The van der Waals surface area contributed by atoms with Gasteiger partial charge in [0, 0.05) is 42.7 Å². The smallest absolute Gasteiger partial charge is 0.227 e. The second kappa shape index (κ2) is 22.4. The van der Waals surface area contributed by atoms with Crippen LogP contribution in [0.3, 0.4) is 0 Å². The van der Waals surface area contributed by atoms with Crippen molar-refractivity contribution in [2.24, 2.45) is 11.6 Å². The fourth-order valence-corrected chi connectivity index (χ4v) is 7.01. The van der Waals surface area contributed by atoms with E-state index < -0.39 is 0 Å². The number of unbranched alkanes of at least 4 members (excludes halogenated alkanes) is 8. The molecule has 0 spiro atoms. The van der Waals surface area contributed by atoms with Gasteiger partial charge in [-0.3, -0.25) is 9.59 Å². The number of hydrazine groups is 1. The van der Waals surface area contributed by atoms with Crippen LogP contribution in [0.1, 0.15) is 126 Å². The van der Waals surface area contributed by atoms with Gasteiger partial charge in [-0.1, -0.05) is 107 Å². The number of hydrogen-bond donors (Lipinski definition) is 4. The number of benzene rings is 3. The van der Waals surface area contributed by atoms with E-state index in [-0.39, 0.29) is 17.9 Å². The van der Waals surface area contributed by atoms with Crippen LogP contribution in [0.2, 0.25) is 0 Å². The molecule has 9 nitrogen and oxygen atoms in total. The van der Waals surface area contributed by atoms with Gasteiger partial charge in [0.2, 0.25) is 11.8 Å². The molecule has 3 aromatic rings. The largest absolute Gasteiger partial charge is 0.396 e. The fraction of sp³-hybridized carbons (Fsp3) is 0.477. The first-order valence-corrected chi connectivity index (χ1v) is 19.9. The molecule has 0 aromatic heterocycles. The summed E-state index contributed by atoms with van der Waals surface area (Å²) in [6.45, 7) is 5.95. The molecular weight excluding hydrogens is 661 g/mol. The van der Waals surface area contributed by atoms with Gasteiger partial charge in [0.15, 0.2) is 0 Å². The number of fused-ring (bicyclic) bond motifs is 2. The molecule has 2 amide bonds. The summed E-state index contributed by atoms with van der Waals surface area (Å²) >= 11 is 0. The normalized spacial score (nSPS) is 14.4. The van der Waals surface area contributed by atoms with E-state index in [1.807, 2.05) is 65.6 Å². The highest BCUT2D eigenvalue weighted by Gasteiger charge is 2.28. The summed E-state index contributed by atoms with van der Waals surface area (Å²) in [5.74, 6) is 6.88. The van der Waals surface area contributed by atoms with Crippen molar-refractivity contribution in [3.63, 3.8) is 0 Å². The van der Waals surface area contributed by atoms with Crippen molar-refractivity contribution < 1.29 is 14.4 Å². The Bertz CT molecular complexity index is 1640. The van der Waals surface area contributed by atoms with E-state index in [1.165, 1.54) is 37.7 Å². The lowest BCUT2D eigenvalue weighted by molar-refractivity contribution is -0.122. The van der Waals surface area contributed by atoms with Gasteiger partial charge in [0.25, 0.3) is 0 Å². The highest BCUT2D eigenvalue weighted by atomic mass is 16.2. The molecule has 4 rings (SSSR count). The molecule has 0 radical (unpaired) electrons. The highest BCUT2D eigenvalue weighted by Crippen LogP contribution is 2.37. The SMILES string of the molecule is CCCCCCCCCNC(=O)CCCCC(=O)N1Cc2ccccc2/C(N)=C(/N(N)CCCCC(C=O)Nc2cccc(CC)c2)c2ccccc21. The van der Waals surface area contributed by atoms with Crippen LogP contribution in [-0.4, -0.2) is 42.2 Å². The summed E-state index contributed by atoms with van der Waals surface area (Å²) in [6.07, 6.45) is 14.7. The summed E-state index contributed by atoms with van der Waals surface area (Å²) in [5.41, 5.74) is 13.7. The average Bonchev–Trinajstić information content (AvgIpc) is 3.17. The molecule has 1 heterocycles. The number of nitrogens with one attached hydrogen (secondary N) is 2. The molecule has 3 aromatic carbocycles. The highest BCUT2D eigenvalue weighted by molar-refractivity contribution is 6.01. The van der Waals surface area contributed by atoms with Gasteiger partial charge < -0.3 is 31.1 Å². The number of nitrogens with two attached hydrogens (primary N) is 2. The predicted octanol–water partition coefficient (Wildman–Crippen LogP) is 8.33. The third-order valence-corrected chi connectivity index (χ3v) is 10.1. The van der Waals surface area contributed by atoms with Crippen LogP contribution < -0.4 is 27.1 Å². The molecule has 0 aliphatic carbocycles. The van der Waals surface area contributed by atoms with Crippen molar-refractivity contribution >= 4 is 40.9 Å². The lowest BCUT2D eigenvalue weighted by Gasteiger charge is -2.33. The molecule has 1 aliphatic rings. The Morgan fingerprint density at radius 3 is 2.32 bits per heavy atom. The number of hydrogen-bond acceptors (Lipinski definition) is 7. The number of nitrogens with zero attached hydrogens (tertiary/aromatic N) is 2. The fourth-order valence-electron chi connectivity index (χ4n) is 7.01. The van der Waals surface area contributed by atoms with Crippen molar-refractivity contribution in [2.75, 3.05) is 23.3 Å². The van der Waals surface area contributed by atoms with E-state index in [0.29, 0.717) is 56.6 Å². The molecule has 0 fully saturated rings. The van der Waals surface area contributed by atoms with Gasteiger partial charge in [-0.15, -0.1) is 0 Å². The Labute approximate surface area is 317 Å². The Morgan fingerprint density at radius 2 is 1.55 bits per heavy atom. The van der Waals surface area contributed by atoms with Gasteiger partial charge in [-0.25, -0.2) is 5.84 Å². The second-order valence-corrected chi connectivity index (χ2v) is 14.2. The number of aryl methyl sites for hydroxylation is 1. The van der Waals surface area contributed by atoms with Crippen LogP contribution in [0.15, 0.2) is 72.8 Å². The van der Waals surface area contributed by atoms with Gasteiger partial charge in [-0.2, -0.15) is 0 Å².